The molecule has 0 aliphatic heterocycles. The number of nitrogens with one attached hydrogen (secondary N) is 2. The molecule has 0 unspecified atom stereocenters. The van der Waals surface area contributed by atoms with E-state index in [9.17, 15) is 9.59 Å². The predicted molar refractivity (Wildman–Crippen MR) is 59.0 cm³/mol. The molecule has 5 heteroatoms. The van der Waals surface area contributed by atoms with E-state index in [1.165, 1.54) is 0 Å². The molecule has 0 saturated carbocycles. The van der Waals surface area contributed by atoms with Gasteiger partial charge in [0.2, 0.25) is 5.91 Å². The van der Waals surface area contributed by atoms with Gasteiger partial charge in [-0.1, -0.05) is 12.0 Å². The third-order valence-electron chi connectivity index (χ3n) is 1.71. The van der Waals surface area contributed by atoms with E-state index in [0.717, 1.165) is 0 Å². The average molecular weight is 218 g/mol. The van der Waals surface area contributed by atoms with Crippen LogP contribution in [0.2, 0.25) is 0 Å². The van der Waals surface area contributed by atoms with Gasteiger partial charge in [-0.3, -0.25) is 4.79 Å². The van der Waals surface area contributed by atoms with Gasteiger partial charge < -0.3 is 15.7 Å². The average Bonchev–Trinajstić information content (AvgIpc) is 2.26. The molecule has 5 nitrogen and oxygen atoms in total. The molecule has 0 spiro atoms. The zero-order chi connectivity index (χ0) is 12.0. The fourth-order valence-corrected chi connectivity index (χ4v) is 1.05. The Hall–Kier alpha value is -2.48. The van der Waals surface area contributed by atoms with Crippen LogP contribution < -0.4 is 10.6 Å². The molecule has 2 amide bonds. The highest BCUT2D eigenvalue weighted by molar-refractivity contribution is 5.93. The fraction of sp³-hybridized carbons (Fsp3) is 0.0909. The molecule has 0 heterocycles. The lowest BCUT2D eigenvalue weighted by atomic mass is 10.2. The molecule has 16 heavy (non-hydrogen) atoms. The van der Waals surface area contributed by atoms with E-state index in [1.807, 2.05) is 5.32 Å². The molecular formula is C11H10N2O3. The summed E-state index contributed by atoms with van der Waals surface area (Å²) in [5, 5.41) is 12.8. The molecule has 0 saturated heterocycles. The number of rotatable bonds is 3. The number of benzene rings is 1. The molecule has 1 rings (SSSR count). The number of carbonyl (C=O) groups is 2. The van der Waals surface area contributed by atoms with Gasteiger partial charge in [-0.15, -0.1) is 6.42 Å². The van der Waals surface area contributed by atoms with E-state index in [4.69, 9.17) is 11.5 Å². The third-order valence-corrected chi connectivity index (χ3v) is 1.71. The van der Waals surface area contributed by atoms with Crippen LogP contribution in [0.15, 0.2) is 24.3 Å². The molecule has 0 atom stereocenters. The monoisotopic (exact) mass is 218 g/mol. The summed E-state index contributed by atoms with van der Waals surface area (Å²) in [5.74, 6) is 1.98. The van der Waals surface area contributed by atoms with Gasteiger partial charge in [0.25, 0.3) is 0 Å². The van der Waals surface area contributed by atoms with Crippen molar-refractivity contribution < 1.29 is 14.7 Å². The van der Waals surface area contributed by atoms with E-state index < -0.39 is 12.0 Å². The minimum atomic E-state index is -1.24. The Balaban J connectivity index is 2.56. The number of carboxylic acid groups (broad SMARTS) is 1. The summed E-state index contributed by atoms with van der Waals surface area (Å²) in [5.41, 5.74) is 1.18. The minimum absolute atomic E-state index is 0.296. The van der Waals surface area contributed by atoms with Crippen molar-refractivity contribution in [1.82, 2.24) is 5.32 Å². The molecule has 0 bridgehead atoms. The van der Waals surface area contributed by atoms with Crippen LogP contribution in [0.25, 0.3) is 0 Å². The zero-order valence-electron chi connectivity index (χ0n) is 8.36. The van der Waals surface area contributed by atoms with Crippen LogP contribution in [0.3, 0.4) is 0 Å². The van der Waals surface area contributed by atoms with E-state index in [0.29, 0.717) is 11.3 Å². The Kier molecular flexibility index (Phi) is 3.92. The summed E-state index contributed by atoms with van der Waals surface area (Å²) in [6, 6.07) is 6.72. The lowest BCUT2D eigenvalue weighted by Gasteiger charge is -2.05. The molecule has 0 aliphatic carbocycles. The van der Waals surface area contributed by atoms with Gasteiger partial charge in [0.1, 0.15) is 6.54 Å². The van der Waals surface area contributed by atoms with Crippen LogP contribution in [-0.4, -0.2) is 23.7 Å². The first kappa shape index (κ1) is 11.6. The van der Waals surface area contributed by atoms with Crippen LogP contribution >= 0.6 is 0 Å². The van der Waals surface area contributed by atoms with Gasteiger partial charge in [0.15, 0.2) is 0 Å². The first-order valence-corrected chi connectivity index (χ1v) is 4.45. The second kappa shape index (κ2) is 5.41. The SMILES string of the molecule is C#Cc1cccc(NC(=O)CNC(=O)O)c1. The van der Waals surface area contributed by atoms with Crippen molar-refractivity contribution in [3.8, 4) is 12.3 Å². The summed E-state index contributed by atoms with van der Waals surface area (Å²) in [6.45, 7) is -0.296. The highest BCUT2D eigenvalue weighted by atomic mass is 16.4. The Morgan fingerprint density at radius 2 is 2.19 bits per heavy atom. The summed E-state index contributed by atoms with van der Waals surface area (Å²) >= 11 is 0. The predicted octanol–water partition coefficient (Wildman–Crippen LogP) is 0.874. The normalized spacial score (nSPS) is 8.94. The Morgan fingerprint density at radius 1 is 1.44 bits per heavy atom. The number of terminal acetylenes is 1. The van der Waals surface area contributed by atoms with Crippen LogP contribution in [0.4, 0.5) is 10.5 Å². The molecule has 1 aromatic rings. The van der Waals surface area contributed by atoms with E-state index >= 15 is 0 Å². The molecule has 0 aromatic heterocycles. The van der Waals surface area contributed by atoms with Gasteiger partial charge in [-0.25, -0.2) is 4.79 Å². The molecule has 0 radical (unpaired) electrons. The lowest BCUT2D eigenvalue weighted by molar-refractivity contribution is -0.115. The standard InChI is InChI=1S/C11H10N2O3/c1-2-8-4-3-5-9(6-8)13-10(14)7-12-11(15)16/h1,3-6,12H,7H2,(H,13,14)(H,15,16). The van der Waals surface area contributed by atoms with E-state index in [-0.39, 0.29) is 6.54 Å². The van der Waals surface area contributed by atoms with Crippen LogP contribution in [0.5, 0.6) is 0 Å². The Labute approximate surface area is 92.5 Å². The smallest absolute Gasteiger partial charge is 0.405 e. The topological polar surface area (TPSA) is 78.4 Å². The quantitative estimate of drug-likeness (QED) is 0.659. The van der Waals surface area contributed by atoms with Crippen molar-refractivity contribution in [2.75, 3.05) is 11.9 Å². The summed E-state index contributed by atoms with van der Waals surface area (Å²) in [6.07, 6.45) is 3.95. The Bertz CT molecular complexity index is 449. The van der Waals surface area contributed by atoms with Crippen molar-refractivity contribution >= 4 is 17.7 Å². The highest BCUT2D eigenvalue weighted by Gasteiger charge is 2.03. The van der Waals surface area contributed by atoms with Crippen molar-refractivity contribution in [2.45, 2.75) is 0 Å². The maximum atomic E-state index is 11.2. The number of anilines is 1. The van der Waals surface area contributed by atoms with Crippen molar-refractivity contribution in [3.05, 3.63) is 29.8 Å². The van der Waals surface area contributed by atoms with Crippen LogP contribution in [0, 0.1) is 12.3 Å². The third kappa shape index (κ3) is 3.72. The number of hydrogen-bond acceptors (Lipinski definition) is 2. The number of hydrogen-bond donors (Lipinski definition) is 3. The van der Waals surface area contributed by atoms with Gasteiger partial charge in [-0.2, -0.15) is 0 Å². The molecule has 0 fully saturated rings. The molecule has 3 N–H and O–H groups in total. The van der Waals surface area contributed by atoms with Crippen LogP contribution in [0.1, 0.15) is 5.56 Å². The van der Waals surface area contributed by atoms with Gasteiger partial charge in [0.05, 0.1) is 0 Å². The second-order valence-electron chi connectivity index (χ2n) is 2.93. The molecule has 1 aromatic carbocycles. The summed E-state index contributed by atoms with van der Waals surface area (Å²) in [7, 11) is 0. The van der Waals surface area contributed by atoms with Crippen LogP contribution in [-0.2, 0) is 4.79 Å². The fourth-order valence-electron chi connectivity index (χ4n) is 1.05. The number of amides is 2. The molecular weight excluding hydrogens is 208 g/mol. The maximum Gasteiger partial charge on any atom is 0.405 e. The summed E-state index contributed by atoms with van der Waals surface area (Å²) in [4.78, 5) is 21.4. The molecule has 0 aliphatic rings. The minimum Gasteiger partial charge on any atom is -0.465 e. The van der Waals surface area contributed by atoms with Crippen molar-refractivity contribution in [3.63, 3.8) is 0 Å². The molecule has 82 valence electrons. The first-order chi connectivity index (χ1) is 7.61. The van der Waals surface area contributed by atoms with Crippen molar-refractivity contribution in [1.29, 1.82) is 0 Å². The lowest BCUT2D eigenvalue weighted by Crippen LogP contribution is -2.31. The summed E-state index contributed by atoms with van der Waals surface area (Å²) < 4.78 is 0. The Morgan fingerprint density at radius 3 is 2.81 bits per heavy atom. The van der Waals surface area contributed by atoms with E-state index in [2.05, 4.69) is 11.2 Å². The van der Waals surface area contributed by atoms with Crippen molar-refractivity contribution in [2.24, 2.45) is 0 Å². The van der Waals surface area contributed by atoms with Gasteiger partial charge >= 0.3 is 6.09 Å². The zero-order valence-corrected chi connectivity index (χ0v) is 8.36. The van der Waals surface area contributed by atoms with Gasteiger partial charge in [-0.05, 0) is 18.2 Å². The maximum absolute atomic E-state index is 11.2. The second-order valence-corrected chi connectivity index (χ2v) is 2.93. The van der Waals surface area contributed by atoms with Gasteiger partial charge in [0, 0.05) is 11.3 Å². The first-order valence-electron chi connectivity index (χ1n) is 4.45. The largest absolute Gasteiger partial charge is 0.465 e. The highest BCUT2D eigenvalue weighted by Crippen LogP contribution is 2.09. The number of carbonyl (C=O) groups excluding carboxylic acids is 1. The van der Waals surface area contributed by atoms with E-state index in [1.54, 1.807) is 24.3 Å².